The number of rotatable bonds is 5. The van der Waals surface area contributed by atoms with E-state index >= 15 is 0 Å². The van der Waals surface area contributed by atoms with Gasteiger partial charge < -0.3 is 4.74 Å². The summed E-state index contributed by atoms with van der Waals surface area (Å²) in [5.41, 5.74) is 3.00. The molecule has 0 aliphatic heterocycles. The zero-order valence-corrected chi connectivity index (χ0v) is 14.2. The van der Waals surface area contributed by atoms with Gasteiger partial charge in [-0.15, -0.1) is 5.10 Å². The first-order valence-electron chi connectivity index (χ1n) is 8.12. The molecule has 0 aliphatic rings. The van der Waals surface area contributed by atoms with Crippen LogP contribution in [0.15, 0.2) is 47.3 Å². The zero-order valence-electron chi connectivity index (χ0n) is 14.2. The van der Waals surface area contributed by atoms with Gasteiger partial charge in [-0.2, -0.15) is 0 Å². The molecule has 0 unspecified atom stereocenters. The molecule has 2 aromatic carbocycles. The van der Waals surface area contributed by atoms with Crippen LogP contribution in [0, 0.1) is 6.92 Å². The van der Waals surface area contributed by atoms with Gasteiger partial charge in [0.05, 0.1) is 11.9 Å². The molecule has 24 heavy (non-hydrogen) atoms. The summed E-state index contributed by atoms with van der Waals surface area (Å²) in [7, 11) is 0. The summed E-state index contributed by atoms with van der Waals surface area (Å²) < 4.78 is 7.11. The highest BCUT2D eigenvalue weighted by atomic mass is 16.5. The molecule has 5 nitrogen and oxygen atoms in total. The predicted octanol–water partition coefficient (Wildman–Crippen LogP) is 3.30. The van der Waals surface area contributed by atoms with Crippen molar-refractivity contribution in [2.24, 2.45) is 0 Å². The molecule has 0 bridgehead atoms. The summed E-state index contributed by atoms with van der Waals surface area (Å²) in [6.45, 7) is 7.16. The Balaban J connectivity index is 1.70. The Bertz CT molecular complexity index is 916. The number of hydrogen-bond acceptors (Lipinski definition) is 4. The zero-order chi connectivity index (χ0) is 17.1. The highest BCUT2D eigenvalue weighted by Gasteiger charge is 2.07. The van der Waals surface area contributed by atoms with E-state index in [0.29, 0.717) is 30.0 Å². The largest absolute Gasteiger partial charge is 0.492 e. The third kappa shape index (κ3) is 3.30. The van der Waals surface area contributed by atoms with Gasteiger partial charge in [-0.1, -0.05) is 37.3 Å². The van der Waals surface area contributed by atoms with Crippen molar-refractivity contribution in [1.82, 2.24) is 15.0 Å². The number of ether oxygens (including phenoxy) is 1. The third-order valence-electron chi connectivity index (χ3n) is 4.06. The Morgan fingerprint density at radius 3 is 2.71 bits per heavy atom. The fourth-order valence-electron chi connectivity index (χ4n) is 2.81. The number of nitrogens with zero attached hydrogens (tertiary/aromatic N) is 3. The highest BCUT2D eigenvalue weighted by Crippen LogP contribution is 2.23. The molecule has 1 heterocycles. The average molecular weight is 323 g/mol. The molecule has 0 saturated heterocycles. The normalized spacial score (nSPS) is 11.2. The monoisotopic (exact) mass is 323 g/mol. The van der Waals surface area contributed by atoms with Gasteiger partial charge in [0, 0.05) is 0 Å². The lowest BCUT2D eigenvalue weighted by Crippen LogP contribution is -2.26. The fraction of sp³-hybridized carbons (Fsp3) is 0.316. The van der Waals surface area contributed by atoms with E-state index in [1.54, 1.807) is 12.1 Å². The molecule has 1 aromatic heterocycles. The van der Waals surface area contributed by atoms with Crippen LogP contribution in [-0.2, 0) is 6.54 Å². The molecule has 0 spiro atoms. The van der Waals surface area contributed by atoms with E-state index < -0.39 is 0 Å². The summed E-state index contributed by atoms with van der Waals surface area (Å²) in [6, 6.07) is 13.3. The first-order chi connectivity index (χ1) is 11.6. The van der Waals surface area contributed by atoms with Crippen molar-refractivity contribution < 1.29 is 4.74 Å². The lowest BCUT2D eigenvalue weighted by Gasteiger charge is -2.12. The number of benzene rings is 2. The van der Waals surface area contributed by atoms with Crippen LogP contribution >= 0.6 is 0 Å². The van der Waals surface area contributed by atoms with E-state index in [0.717, 1.165) is 5.75 Å². The number of fused-ring (bicyclic) bond motifs is 1. The average Bonchev–Trinajstić information content (AvgIpc) is 2.57. The molecule has 0 N–H and O–H groups in total. The summed E-state index contributed by atoms with van der Waals surface area (Å²) >= 11 is 0. The lowest BCUT2D eigenvalue weighted by atomic mass is 9.98. The minimum Gasteiger partial charge on any atom is -0.492 e. The van der Waals surface area contributed by atoms with Crippen molar-refractivity contribution in [1.29, 1.82) is 0 Å². The van der Waals surface area contributed by atoms with Crippen LogP contribution in [0.4, 0.5) is 0 Å². The quantitative estimate of drug-likeness (QED) is 0.723. The van der Waals surface area contributed by atoms with Crippen molar-refractivity contribution >= 4 is 10.9 Å². The Labute approximate surface area is 140 Å². The van der Waals surface area contributed by atoms with Crippen molar-refractivity contribution in [2.45, 2.75) is 33.2 Å². The summed E-state index contributed by atoms with van der Waals surface area (Å²) in [4.78, 5) is 12.3. The van der Waals surface area contributed by atoms with Crippen LogP contribution in [0.3, 0.4) is 0 Å². The third-order valence-corrected chi connectivity index (χ3v) is 4.06. The Kier molecular flexibility index (Phi) is 4.60. The van der Waals surface area contributed by atoms with Gasteiger partial charge in [0.15, 0.2) is 0 Å². The molecule has 5 heteroatoms. The molecule has 0 atom stereocenters. The van der Waals surface area contributed by atoms with Crippen LogP contribution in [0.2, 0.25) is 0 Å². The van der Waals surface area contributed by atoms with E-state index in [1.807, 2.05) is 24.3 Å². The minimum atomic E-state index is -0.143. The molecule has 3 aromatic rings. The molecule has 0 radical (unpaired) electrons. The van der Waals surface area contributed by atoms with E-state index in [9.17, 15) is 4.79 Å². The van der Waals surface area contributed by atoms with Gasteiger partial charge in [-0.05, 0) is 48.2 Å². The van der Waals surface area contributed by atoms with E-state index in [-0.39, 0.29) is 5.56 Å². The van der Waals surface area contributed by atoms with Crippen LogP contribution in [-0.4, -0.2) is 21.6 Å². The maximum Gasteiger partial charge on any atom is 0.277 e. The summed E-state index contributed by atoms with van der Waals surface area (Å²) in [5.74, 6) is 1.30. The molecule has 0 aliphatic carbocycles. The second-order valence-electron chi connectivity index (χ2n) is 6.16. The van der Waals surface area contributed by atoms with Crippen LogP contribution < -0.4 is 10.3 Å². The molecule has 0 saturated carbocycles. The molecule has 3 rings (SSSR count). The van der Waals surface area contributed by atoms with Crippen molar-refractivity contribution in [3.8, 4) is 5.75 Å². The van der Waals surface area contributed by atoms with Crippen molar-refractivity contribution in [3.63, 3.8) is 0 Å². The molecular weight excluding hydrogens is 302 g/mol. The SMILES string of the molecule is Cc1cc(OCCn2nnc3ccccc3c2=O)ccc1C(C)C. The Morgan fingerprint density at radius 1 is 1.17 bits per heavy atom. The van der Waals surface area contributed by atoms with Gasteiger partial charge in [-0.3, -0.25) is 4.79 Å². The fourth-order valence-corrected chi connectivity index (χ4v) is 2.81. The second-order valence-corrected chi connectivity index (χ2v) is 6.16. The van der Waals surface area contributed by atoms with E-state index in [4.69, 9.17) is 4.74 Å². The topological polar surface area (TPSA) is 57.0 Å². The van der Waals surface area contributed by atoms with E-state index in [1.165, 1.54) is 15.8 Å². The van der Waals surface area contributed by atoms with Crippen molar-refractivity contribution in [2.75, 3.05) is 6.61 Å². The van der Waals surface area contributed by atoms with Gasteiger partial charge in [-0.25, -0.2) is 4.68 Å². The number of aryl methyl sites for hydroxylation is 1. The maximum absolute atomic E-state index is 12.3. The van der Waals surface area contributed by atoms with Gasteiger partial charge in [0.25, 0.3) is 5.56 Å². The number of hydrogen-bond donors (Lipinski definition) is 0. The van der Waals surface area contributed by atoms with Gasteiger partial charge >= 0.3 is 0 Å². The maximum atomic E-state index is 12.3. The van der Waals surface area contributed by atoms with Crippen LogP contribution in [0.1, 0.15) is 30.9 Å². The van der Waals surface area contributed by atoms with E-state index in [2.05, 4.69) is 37.1 Å². The first-order valence-corrected chi connectivity index (χ1v) is 8.12. The summed E-state index contributed by atoms with van der Waals surface area (Å²) in [5, 5.41) is 8.61. The summed E-state index contributed by atoms with van der Waals surface area (Å²) in [6.07, 6.45) is 0. The van der Waals surface area contributed by atoms with Gasteiger partial charge in [0.1, 0.15) is 17.9 Å². The smallest absolute Gasteiger partial charge is 0.277 e. The molecule has 0 amide bonds. The number of aromatic nitrogens is 3. The minimum absolute atomic E-state index is 0.143. The highest BCUT2D eigenvalue weighted by molar-refractivity contribution is 5.76. The Morgan fingerprint density at radius 2 is 1.96 bits per heavy atom. The first kappa shape index (κ1) is 16.2. The lowest BCUT2D eigenvalue weighted by molar-refractivity contribution is 0.285. The van der Waals surface area contributed by atoms with Crippen molar-refractivity contribution in [3.05, 3.63) is 63.9 Å². The van der Waals surface area contributed by atoms with Crippen LogP contribution in [0.25, 0.3) is 10.9 Å². The van der Waals surface area contributed by atoms with Crippen LogP contribution in [0.5, 0.6) is 5.75 Å². The Hall–Kier alpha value is -2.69. The molecule has 124 valence electrons. The van der Waals surface area contributed by atoms with Gasteiger partial charge in [0.2, 0.25) is 0 Å². The second kappa shape index (κ2) is 6.83. The predicted molar refractivity (Wildman–Crippen MR) is 94.6 cm³/mol. The standard InChI is InChI=1S/C19H21N3O2/c1-13(2)16-9-8-15(12-14(16)3)24-11-10-22-19(23)17-6-4-5-7-18(17)20-21-22/h4-9,12-13H,10-11H2,1-3H3. The molecule has 0 fully saturated rings. The molecular formula is C19H21N3O2.